The molecule has 0 saturated heterocycles. The van der Waals surface area contributed by atoms with Gasteiger partial charge in [-0.25, -0.2) is 0 Å². The Morgan fingerprint density at radius 1 is 1.50 bits per heavy atom. The van der Waals surface area contributed by atoms with E-state index in [0.717, 1.165) is 0 Å². The SMILES string of the molecule is CNCCOc1cc(OC)ccc1[N+](=O)[O-]. The average Bonchev–Trinajstić information content (AvgIpc) is 2.29. The van der Waals surface area contributed by atoms with Gasteiger partial charge in [-0.2, -0.15) is 0 Å². The normalized spacial score (nSPS) is 9.88. The minimum atomic E-state index is -0.478. The van der Waals surface area contributed by atoms with Crippen molar-refractivity contribution in [2.45, 2.75) is 0 Å². The van der Waals surface area contributed by atoms with Crippen LogP contribution >= 0.6 is 0 Å². The largest absolute Gasteiger partial charge is 0.497 e. The van der Waals surface area contributed by atoms with Crippen molar-refractivity contribution in [3.8, 4) is 11.5 Å². The number of methoxy groups -OCH3 is 1. The van der Waals surface area contributed by atoms with Crippen molar-refractivity contribution in [3.05, 3.63) is 28.3 Å². The molecule has 0 aromatic heterocycles. The Labute approximate surface area is 93.3 Å². The Morgan fingerprint density at radius 3 is 2.81 bits per heavy atom. The predicted molar refractivity (Wildman–Crippen MR) is 59.1 cm³/mol. The zero-order chi connectivity index (χ0) is 12.0. The molecule has 0 unspecified atom stereocenters. The molecule has 0 aliphatic rings. The quantitative estimate of drug-likeness (QED) is 0.448. The van der Waals surface area contributed by atoms with E-state index < -0.39 is 4.92 Å². The summed E-state index contributed by atoms with van der Waals surface area (Å²) in [6, 6.07) is 4.41. The number of likely N-dealkylation sites (N-methyl/N-ethyl adjacent to an activating group) is 1. The minimum Gasteiger partial charge on any atom is -0.497 e. The second-order valence-electron chi connectivity index (χ2n) is 3.04. The van der Waals surface area contributed by atoms with Gasteiger partial charge in [0.05, 0.1) is 12.0 Å². The third kappa shape index (κ3) is 3.09. The maximum Gasteiger partial charge on any atom is 0.311 e. The van der Waals surface area contributed by atoms with Crippen LogP contribution in [0.25, 0.3) is 0 Å². The van der Waals surface area contributed by atoms with Crippen LogP contribution in [0.15, 0.2) is 18.2 Å². The summed E-state index contributed by atoms with van der Waals surface area (Å²) in [6.45, 7) is 0.985. The van der Waals surface area contributed by atoms with Crippen LogP contribution in [0, 0.1) is 10.1 Å². The standard InChI is InChI=1S/C10H14N2O4/c1-11-5-6-16-10-7-8(15-2)3-4-9(10)12(13)14/h3-4,7,11H,5-6H2,1-2H3. The summed E-state index contributed by atoms with van der Waals surface area (Å²) in [5, 5.41) is 13.6. The molecule has 0 saturated carbocycles. The Hall–Kier alpha value is -1.82. The lowest BCUT2D eigenvalue weighted by atomic mass is 10.3. The minimum absolute atomic E-state index is 0.0584. The van der Waals surface area contributed by atoms with E-state index in [2.05, 4.69) is 5.32 Å². The third-order valence-corrected chi connectivity index (χ3v) is 1.97. The molecule has 0 fully saturated rings. The van der Waals surface area contributed by atoms with Crippen LogP contribution in [0.4, 0.5) is 5.69 Å². The first-order chi connectivity index (χ1) is 7.69. The molecule has 0 aliphatic heterocycles. The third-order valence-electron chi connectivity index (χ3n) is 1.97. The molecule has 0 spiro atoms. The van der Waals surface area contributed by atoms with E-state index in [4.69, 9.17) is 9.47 Å². The lowest BCUT2D eigenvalue weighted by molar-refractivity contribution is -0.385. The van der Waals surface area contributed by atoms with Crippen LogP contribution < -0.4 is 14.8 Å². The first-order valence-corrected chi connectivity index (χ1v) is 4.79. The average molecular weight is 226 g/mol. The maximum atomic E-state index is 10.7. The molecule has 1 aromatic carbocycles. The lowest BCUT2D eigenvalue weighted by Crippen LogP contribution is -2.16. The second-order valence-corrected chi connectivity index (χ2v) is 3.04. The van der Waals surface area contributed by atoms with E-state index >= 15 is 0 Å². The highest BCUT2D eigenvalue weighted by molar-refractivity contribution is 5.50. The molecule has 88 valence electrons. The van der Waals surface area contributed by atoms with Crippen LogP contribution in [0.2, 0.25) is 0 Å². The number of hydrogen-bond acceptors (Lipinski definition) is 5. The maximum absolute atomic E-state index is 10.7. The topological polar surface area (TPSA) is 73.6 Å². The van der Waals surface area contributed by atoms with Crippen molar-refractivity contribution in [3.63, 3.8) is 0 Å². The zero-order valence-corrected chi connectivity index (χ0v) is 9.23. The molecule has 0 radical (unpaired) electrons. The van der Waals surface area contributed by atoms with Crippen molar-refractivity contribution in [1.29, 1.82) is 0 Å². The summed E-state index contributed by atoms with van der Waals surface area (Å²) < 4.78 is 10.3. The smallest absolute Gasteiger partial charge is 0.311 e. The van der Waals surface area contributed by atoms with Gasteiger partial charge < -0.3 is 14.8 Å². The van der Waals surface area contributed by atoms with Crippen molar-refractivity contribution in [2.24, 2.45) is 0 Å². The fourth-order valence-corrected chi connectivity index (χ4v) is 1.15. The molecule has 16 heavy (non-hydrogen) atoms. The molecule has 6 nitrogen and oxygen atoms in total. The highest BCUT2D eigenvalue weighted by Gasteiger charge is 2.15. The van der Waals surface area contributed by atoms with E-state index in [0.29, 0.717) is 18.9 Å². The number of ether oxygens (including phenoxy) is 2. The summed E-state index contributed by atoms with van der Waals surface area (Å²) >= 11 is 0. The van der Waals surface area contributed by atoms with Gasteiger partial charge >= 0.3 is 5.69 Å². The predicted octanol–water partition coefficient (Wildman–Crippen LogP) is 1.20. The monoisotopic (exact) mass is 226 g/mol. The number of hydrogen-bond donors (Lipinski definition) is 1. The Kier molecular flexibility index (Phi) is 4.53. The molecule has 0 amide bonds. The van der Waals surface area contributed by atoms with Gasteiger partial charge in [-0.15, -0.1) is 0 Å². The van der Waals surface area contributed by atoms with Crippen molar-refractivity contribution >= 4 is 5.69 Å². The highest BCUT2D eigenvalue weighted by atomic mass is 16.6. The van der Waals surface area contributed by atoms with Gasteiger partial charge in [-0.1, -0.05) is 0 Å². The molecule has 1 aromatic rings. The van der Waals surface area contributed by atoms with Gasteiger partial charge in [-0.3, -0.25) is 10.1 Å². The van der Waals surface area contributed by atoms with Gasteiger partial charge in [0.15, 0.2) is 0 Å². The molecule has 0 atom stereocenters. The van der Waals surface area contributed by atoms with Crippen molar-refractivity contribution in [2.75, 3.05) is 27.3 Å². The van der Waals surface area contributed by atoms with Gasteiger partial charge in [0, 0.05) is 18.7 Å². The molecule has 1 rings (SSSR count). The molecule has 6 heteroatoms. The first-order valence-electron chi connectivity index (χ1n) is 4.79. The van der Waals surface area contributed by atoms with Crippen molar-refractivity contribution < 1.29 is 14.4 Å². The van der Waals surface area contributed by atoms with Gasteiger partial charge in [-0.05, 0) is 13.1 Å². The fourth-order valence-electron chi connectivity index (χ4n) is 1.15. The molecule has 0 heterocycles. The lowest BCUT2D eigenvalue weighted by Gasteiger charge is -2.07. The fraction of sp³-hybridized carbons (Fsp3) is 0.400. The van der Waals surface area contributed by atoms with Crippen LogP contribution in [0.3, 0.4) is 0 Å². The molecular weight excluding hydrogens is 212 g/mol. The molecule has 0 bridgehead atoms. The summed E-state index contributed by atoms with van der Waals surface area (Å²) in [7, 11) is 3.28. The molecule has 1 N–H and O–H groups in total. The van der Waals surface area contributed by atoms with E-state index in [-0.39, 0.29) is 11.4 Å². The number of nitrogens with zero attached hydrogens (tertiary/aromatic N) is 1. The van der Waals surface area contributed by atoms with E-state index in [1.54, 1.807) is 7.05 Å². The van der Waals surface area contributed by atoms with Crippen molar-refractivity contribution in [1.82, 2.24) is 5.32 Å². The van der Waals surface area contributed by atoms with Crippen LogP contribution in [-0.4, -0.2) is 32.2 Å². The van der Waals surface area contributed by atoms with Gasteiger partial charge in [0.2, 0.25) is 5.75 Å². The van der Waals surface area contributed by atoms with Gasteiger partial charge in [0.25, 0.3) is 0 Å². The highest BCUT2D eigenvalue weighted by Crippen LogP contribution is 2.30. The van der Waals surface area contributed by atoms with E-state index in [1.807, 2.05) is 0 Å². The molecule has 0 aliphatic carbocycles. The number of nitrogens with one attached hydrogen (secondary N) is 1. The number of rotatable bonds is 6. The number of nitro groups is 1. The molecular formula is C10H14N2O4. The van der Waals surface area contributed by atoms with Crippen LogP contribution in [-0.2, 0) is 0 Å². The first kappa shape index (κ1) is 12.3. The Bertz CT molecular complexity index is 368. The number of nitro benzene ring substituents is 1. The summed E-state index contributed by atoms with van der Waals surface area (Å²) in [4.78, 5) is 10.2. The summed E-state index contributed by atoms with van der Waals surface area (Å²) in [6.07, 6.45) is 0. The van der Waals surface area contributed by atoms with Crippen LogP contribution in [0.1, 0.15) is 0 Å². The summed E-state index contributed by atoms with van der Waals surface area (Å²) in [5.74, 6) is 0.754. The van der Waals surface area contributed by atoms with Gasteiger partial charge in [0.1, 0.15) is 12.4 Å². The number of benzene rings is 1. The zero-order valence-electron chi connectivity index (χ0n) is 9.23. The van der Waals surface area contributed by atoms with Crippen LogP contribution in [0.5, 0.6) is 11.5 Å². The van der Waals surface area contributed by atoms with E-state index in [1.165, 1.54) is 25.3 Å². The second kappa shape index (κ2) is 5.92. The van der Waals surface area contributed by atoms with E-state index in [9.17, 15) is 10.1 Å². The Balaban J connectivity index is 2.87. The Morgan fingerprint density at radius 2 is 2.25 bits per heavy atom. The summed E-state index contributed by atoms with van der Waals surface area (Å²) in [5.41, 5.74) is -0.0584.